The van der Waals surface area contributed by atoms with Gasteiger partial charge in [0.2, 0.25) is 0 Å². The first kappa shape index (κ1) is 21.1. The van der Waals surface area contributed by atoms with Gasteiger partial charge in [-0.25, -0.2) is 4.79 Å². The molecule has 3 aromatic rings. The highest BCUT2D eigenvalue weighted by atomic mass is 16.5. The molecule has 3 rings (SSSR count). The molecule has 0 bridgehead atoms. The number of fused-ring (bicyclic) bond motifs is 1. The summed E-state index contributed by atoms with van der Waals surface area (Å²) in [5, 5.41) is 20.2. The number of rotatable bonds is 8. The first-order chi connectivity index (χ1) is 14.5. The monoisotopic (exact) mass is 405 g/mol. The first-order valence-electron chi connectivity index (χ1n) is 9.50. The maximum Gasteiger partial charge on any atom is 0.335 e. The van der Waals surface area contributed by atoms with Gasteiger partial charge in [0.1, 0.15) is 12.4 Å². The van der Waals surface area contributed by atoms with Crippen molar-refractivity contribution < 1.29 is 24.5 Å². The van der Waals surface area contributed by atoms with Gasteiger partial charge in [-0.2, -0.15) is 0 Å². The number of carbonyl (C=O) groups excluding carboxylic acids is 1. The van der Waals surface area contributed by atoms with E-state index in [4.69, 9.17) is 14.9 Å². The number of aliphatic hydroxyl groups is 1. The molecule has 0 radical (unpaired) electrons. The summed E-state index contributed by atoms with van der Waals surface area (Å²) in [4.78, 5) is 25.3. The Hall–Kier alpha value is -3.64. The van der Waals surface area contributed by atoms with Gasteiger partial charge in [0.05, 0.1) is 17.7 Å². The summed E-state index contributed by atoms with van der Waals surface area (Å²) >= 11 is 0. The number of likely N-dealkylation sites (N-methyl/N-ethyl adjacent to an activating group) is 1. The van der Waals surface area contributed by atoms with Crippen molar-refractivity contribution in [1.29, 1.82) is 0 Å². The maximum absolute atomic E-state index is 12.9. The average molecular weight is 405 g/mol. The maximum atomic E-state index is 12.9. The van der Waals surface area contributed by atoms with Crippen LogP contribution in [0.4, 0.5) is 0 Å². The van der Waals surface area contributed by atoms with Crippen LogP contribution in [0.3, 0.4) is 0 Å². The van der Waals surface area contributed by atoms with Crippen molar-refractivity contribution >= 4 is 28.7 Å². The molecule has 0 aromatic heterocycles. The molecule has 30 heavy (non-hydrogen) atoms. The van der Waals surface area contributed by atoms with Crippen LogP contribution in [-0.4, -0.2) is 53.8 Å². The minimum atomic E-state index is -1.01. The van der Waals surface area contributed by atoms with Crippen molar-refractivity contribution in [2.75, 3.05) is 26.8 Å². The van der Waals surface area contributed by atoms with Crippen molar-refractivity contribution in [3.8, 4) is 5.75 Å². The van der Waals surface area contributed by atoms with Crippen LogP contribution in [0.25, 0.3) is 16.8 Å². The molecule has 0 heterocycles. The van der Waals surface area contributed by atoms with Gasteiger partial charge < -0.3 is 19.8 Å². The molecule has 0 aliphatic heterocycles. The zero-order chi connectivity index (χ0) is 21.5. The van der Waals surface area contributed by atoms with Gasteiger partial charge in [0.15, 0.2) is 0 Å². The number of aliphatic hydroxyl groups excluding tert-OH is 1. The van der Waals surface area contributed by atoms with E-state index in [0.717, 1.165) is 10.8 Å². The summed E-state index contributed by atoms with van der Waals surface area (Å²) in [6.45, 7) is 0.0820. The Labute approximate surface area is 174 Å². The zero-order valence-electron chi connectivity index (χ0n) is 16.6. The van der Waals surface area contributed by atoms with E-state index in [1.165, 1.54) is 17.0 Å². The number of aromatic carboxylic acids is 1. The predicted molar refractivity (Wildman–Crippen MR) is 116 cm³/mol. The SMILES string of the molecule is CN(CCO)C(=O)C(=Cc1ccc(C(=O)O)cc1)COc1cccc2ccccc12. The second kappa shape index (κ2) is 9.71. The Balaban J connectivity index is 1.89. The standard InChI is InChI=1S/C24H23NO5/c1-25(13-14-26)23(27)20(15-17-9-11-19(12-10-17)24(28)29)16-30-22-8-4-6-18-5-2-3-7-21(18)22/h2-12,15,26H,13-14,16H2,1H3,(H,28,29). The molecule has 1 amide bonds. The summed E-state index contributed by atoms with van der Waals surface area (Å²) in [7, 11) is 1.61. The van der Waals surface area contributed by atoms with E-state index in [-0.39, 0.29) is 31.2 Å². The van der Waals surface area contributed by atoms with Gasteiger partial charge in [0.25, 0.3) is 5.91 Å². The van der Waals surface area contributed by atoms with E-state index >= 15 is 0 Å². The molecule has 0 saturated heterocycles. The summed E-state index contributed by atoms with van der Waals surface area (Å²) in [6, 6.07) is 19.8. The van der Waals surface area contributed by atoms with Crippen LogP contribution in [0.1, 0.15) is 15.9 Å². The highest BCUT2D eigenvalue weighted by Gasteiger charge is 2.16. The van der Waals surface area contributed by atoms with Crippen molar-refractivity contribution in [2.45, 2.75) is 0 Å². The largest absolute Gasteiger partial charge is 0.488 e. The number of hydrogen-bond acceptors (Lipinski definition) is 4. The number of amides is 1. The van der Waals surface area contributed by atoms with Gasteiger partial charge >= 0.3 is 5.97 Å². The number of carboxylic acid groups (broad SMARTS) is 1. The molecule has 0 spiro atoms. The van der Waals surface area contributed by atoms with Crippen LogP contribution in [0.2, 0.25) is 0 Å². The molecule has 0 fully saturated rings. The molecule has 0 atom stereocenters. The third-order valence-electron chi connectivity index (χ3n) is 4.69. The molecule has 0 aliphatic carbocycles. The smallest absolute Gasteiger partial charge is 0.335 e. The fourth-order valence-electron chi connectivity index (χ4n) is 3.06. The molecule has 6 nitrogen and oxygen atoms in total. The Bertz CT molecular complexity index is 1070. The lowest BCUT2D eigenvalue weighted by Gasteiger charge is -2.19. The van der Waals surface area contributed by atoms with Gasteiger partial charge in [-0.3, -0.25) is 4.79 Å². The highest BCUT2D eigenvalue weighted by molar-refractivity contribution is 5.98. The minimum Gasteiger partial charge on any atom is -0.488 e. The number of benzene rings is 3. The van der Waals surface area contributed by atoms with E-state index in [1.54, 1.807) is 25.3 Å². The molecule has 3 aromatic carbocycles. The fraction of sp³-hybridized carbons (Fsp3) is 0.167. The van der Waals surface area contributed by atoms with Crippen molar-refractivity contribution in [2.24, 2.45) is 0 Å². The van der Waals surface area contributed by atoms with Crippen LogP contribution in [0.5, 0.6) is 5.75 Å². The Morgan fingerprint density at radius 2 is 1.70 bits per heavy atom. The predicted octanol–water partition coefficient (Wildman–Crippen LogP) is 3.45. The average Bonchev–Trinajstić information content (AvgIpc) is 2.76. The lowest BCUT2D eigenvalue weighted by molar-refractivity contribution is -0.126. The normalized spacial score (nSPS) is 11.3. The third-order valence-corrected chi connectivity index (χ3v) is 4.69. The van der Waals surface area contributed by atoms with Crippen molar-refractivity contribution in [1.82, 2.24) is 4.90 Å². The van der Waals surface area contributed by atoms with E-state index in [2.05, 4.69) is 0 Å². The molecule has 0 unspecified atom stereocenters. The van der Waals surface area contributed by atoms with Gasteiger partial charge in [-0.05, 0) is 35.2 Å². The first-order valence-corrected chi connectivity index (χ1v) is 9.50. The number of hydrogen-bond donors (Lipinski definition) is 2. The molecule has 154 valence electrons. The fourth-order valence-corrected chi connectivity index (χ4v) is 3.06. The molecular weight excluding hydrogens is 382 g/mol. The van der Waals surface area contributed by atoms with Crippen LogP contribution < -0.4 is 4.74 Å². The number of carbonyl (C=O) groups is 2. The summed E-state index contributed by atoms with van der Waals surface area (Å²) in [5.74, 6) is -0.617. The van der Waals surface area contributed by atoms with Crippen LogP contribution in [0.15, 0.2) is 72.3 Å². The van der Waals surface area contributed by atoms with Gasteiger partial charge in [-0.1, -0.05) is 48.5 Å². The van der Waals surface area contributed by atoms with E-state index < -0.39 is 5.97 Å². The highest BCUT2D eigenvalue weighted by Crippen LogP contribution is 2.26. The van der Waals surface area contributed by atoms with Gasteiger partial charge in [0, 0.05) is 19.0 Å². The zero-order valence-corrected chi connectivity index (χ0v) is 16.6. The molecular formula is C24H23NO5. The second-order valence-corrected chi connectivity index (χ2v) is 6.81. The minimum absolute atomic E-state index is 0.0310. The second-order valence-electron chi connectivity index (χ2n) is 6.81. The molecule has 0 aliphatic rings. The van der Waals surface area contributed by atoms with E-state index in [9.17, 15) is 9.59 Å². The number of nitrogens with zero attached hydrogens (tertiary/aromatic N) is 1. The van der Waals surface area contributed by atoms with Crippen LogP contribution >= 0.6 is 0 Å². The molecule has 6 heteroatoms. The number of ether oxygens (including phenoxy) is 1. The molecule has 0 saturated carbocycles. The topological polar surface area (TPSA) is 87.1 Å². The lowest BCUT2D eigenvalue weighted by Crippen LogP contribution is -2.32. The Kier molecular flexibility index (Phi) is 6.83. The lowest BCUT2D eigenvalue weighted by atomic mass is 10.1. The Morgan fingerprint density at radius 1 is 1.00 bits per heavy atom. The quantitative estimate of drug-likeness (QED) is 0.561. The van der Waals surface area contributed by atoms with Crippen LogP contribution in [-0.2, 0) is 4.79 Å². The van der Waals surface area contributed by atoms with Gasteiger partial charge in [-0.15, -0.1) is 0 Å². The van der Waals surface area contributed by atoms with Crippen molar-refractivity contribution in [3.05, 3.63) is 83.4 Å². The molecule has 2 N–H and O–H groups in total. The third kappa shape index (κ3) is 5.04. The number of carboxylic acids is 1. The summed E-state index contributed by atoms with van der Waals surface area (Å²) < 4.78 is 5.99. The van der Waals surface area contributed by atoms with Crippen LogP contribution in [0, 0.1) is 0 Å². The van der Waals surface area contributed by atoms with E-state index in [0.29, 0.717) is 16.9 Å². The van der Waals surface area contributed by atoms with E-state index in [1.807, 2.05) is 42.5 Å². The summed E-state index contributed by atoms with van der Waals surface area (Å²) in [5.41, 5.74) is 1.24. The summed E-state index contributed by atoms with van der Waals surface area (Å²) in [6.07, 6.45) is 1.67. The van der Waals surface area contributed by atoms with Crippen molar-refractivity contribution in [3.63, 3.8) is 0 Å². The Morgan fingerprint density at radius 3 is 2.40 bits per heavy atom.